The van der Waals surface area contributed by atoms with Crippen LogP contribution in [0.15, 0.2) is 59.7 Å². The molecule has 2 amide bonds. The Morgan fingerprint density at radius 2 is 1.70 bits per heavy atom. The molecule has 0 heterocycles. The maximum Gasteiger partial charge on any atom is 0.343 e. The third kappa shape index (κ3) is 7.05. The minimum Gasteiger partial charge on any atom is -0.482 e. The molecule has 1 unspecified atom stereocenters. The van der Waals surface area contributed by atoms with E-state index in [-0.39, 0.29) is 18.4 Å². The number of carbonyl (C=O) groups is 3. The van der Waals surface area contributed by atoms with Gasteiger partial charge in [-0.05, 0) is 47.9 Å². The summed E-state index contributed by atoms with van der Waals surface area (Å²) in [4.78, 5) is 35.9. The van der Waals surface area contributed by atoms with Crippen molar-refractivity contribution in [2.45, 2.75) is 19.9 Å². The van der Waals surface area contributed by atoms with E-state index in [0.29, 0.717) is 11.3 Å². The summed E-state index contributed by atoms with van der Waals surface area (Å²) >= 11 is 0. The van der Waals surface area contributed by atoms with E-state index < -0.39 is 17.9 Å². The standard InChI is InChI=1S/C22H25N3O5/c1-15(2)20(24-21(27)17-7-5-4-6-8-17)22(28)25-23-13-16-9-11-18(12-10-16)30-14-19(26)29-3/h4-13,15,20H,14H2,1-3H3,(H,24,27)(H,25,28). The van der Waals surface area contributed by atoms with Gasteiger partial charge < -0.3 is 14.8 Å². The van der Waals surface area contributed by atoms with Crippen molar-refractivity contribution in [3.8, 4) is 5.75 Å². The Morgan fingerprint density at radius 1 is 1.03 bits per heavy atom. The predicted octanol–water partition coefficient (Wildman–Crippen LogP) is 2.14. The quantitative estimate of drug-likeness (QED) is 0.374. The van der Waals surface area contributed by atoms with Crippen LogP contribution in [-0.2, 0) is 14.3 Å². The van der Waals surface area contributed by atoms with Crippen LogP contribution in [0.3, 0.4) is 0 Å². The molecule has 0 aliphatic rings. The molecule has 0 bridgehead atoms. The first-order chi connectivity index (χ1) is 14.4. The zero-order valence-corrected chi connectivity index (χ0v) is 17.1. The summed E-state index contributed by atoms with van der Waals surface area (Å²) in [6.07, 6.45) is 1.47. The van der Waals surface area contributed by atoms with Gasteiger partial charge in [-0.25, -0.2) is 10.2 Å². The monoisotopic (exact) mass is 411 g/mol. The molecule has 0 fully saturated rings. The minimum atomic E-state index is -0.732. The fourth-order valence-corrected chi connectivity index (χ4v) is 2.44. The highest BCUT2D eigenvalue weighted by Crippen LogP contribution is 2.11. The molecule has 2 rings (SSSR count). The Bertz CT molecular complexity index is 879. The molecule has 2 N–H and O–H groups in total. The molecular formula is C22H25N3O5. The number of ether oxygens (including phenoxy) is 2. The second kappa shape index (κ2) is 11.4. The summed E-state index contributed by atoms with van der Waals surface area (Å²) in [5.74, 6) is -0.828. The molecule has 30 heavy (non-hydrogen) atoms. The Labute approximate surface area is 175 Å². The number of carbonyl (C=O) groups excluding carboxylic acids is 3. The minimum absolute atomic E-state index is 0.126. The van der Waals surface area contributed by atoms with Gasteiger partial charge in [0.15, 0.2) is 6.61 Å². The highest BCUT2D eigenvalue weighted by molar-refractivity contribution is 5.97. The molecule has 0 saturated heterocycles. The molecule has 0 aliphatic carbocycles. The maximum atomic E-state index is 12.5. The fraction of sp³-hybridized carbons (Fsp3) is 0.273. The molecule has 0 spiro atoms. The first-order valence-corrected chi connectivity index (χ1v) is 9.39. The van der Waals surface area contributed by atoms with E-state index in [2.05, 4.69) is 20.6 Å². The second-order valence-corrected chi connectivity index (χ2v) is 6.73. The van der Waals surface area contributed by atoms with E-state index in [0.717, 1.165) is 5.56 Å². The van der Waals surface area contributed by atoms with Crippen LogP contribution in [0.25, 0.3) is 0 Å². The Kier molecular flexibility index (Phi) is 8.56. The molecule has 0 aromatic heterocycles. The van der Waals surface area contributed by atoms with Gasteiger partial charge >= 0.3 is 5.97 Å². The average molecular weight is 411 g/mol. The third-order valence-electron chi connectivity index (χ3n) is 4.12. The molecule has 8 heteroatoms. The summed E-state index contributed by atoms with van der Waals surface area (Å²) < 4.78 is 9.76. The number of hydrogen-bond acceptors (Lipinski definition) is 6. The van der Waals surface area contributed by atoms with E-state index in [4.69, 9.17) is 4.74 Å². The van der Waals surface area contributed by atoms with Crippen molar-refractivity contribution in [2.24, 2.45) is 11.0 Å². The molecule has 2 aromatic rings. The van der Waals surface area contributed by atoms with Crippen molar-refractivity contribution in [3.05, 3.63) is 65.7 Å². The van der Waals surface area contributed by atoms with Crippen molar-refractivity contribution in [3.63, 3.8) is 0 Å². The number of methoxy groups -OCH3 is 1. The molecule has 1 atom stereocenters. The summed E-state index contributed by atoms with van der Waals surface area (Å²) in [5, 5.41) is 6.69. The lowest BCUT2D eigenvalue weighted by Gasteiger charge is -2.20. The zero-order valence-electron chi connectivity index (χ0n) is 17.1. The van der Waals surface area contributed by atoms with E-state index >= 15 is 0 Å². The molecule has 0 saturated carbocycles. The number of nitrogens with zero attached hydrogens (tertiary/aromatic N) is 1. The summed E-state index contributed by atoms with van der Waals surface area (Å²) in [7, 11) is 1.29. The average Bonchev–Trinajstić information content (AvgIpc) is 2.76. The SMILES string of the molecule is COC(=O)COc1ccc(C=NNC(=O)C(NC(=O)c2ccccc2)C(C)C)cc1. The van der Waals surface area contributed by atoms with Crippen LogP contribution < -0.4 is 15.5 Å². The van der Waals surface area contributed by atoms with Gasteiger partial charge in [-0.3, -0.25) is 9.59 Å². The van der Waals surface area contributed by atoms with Gasteiger partial charge in [0.2, 0.25) is 0 Å². The molecule has 158 valence electrons. The summed E-state index contributed by atoms with van der Waals surface area (Å²) in [6.45, 7) is 3.50. The molecule has 0 aliphatic heterocycles. The normalized spacial score (nSPS) is 11.7. The third-order valence-corrected chi connectivity index (χ3v) is 4.12. The molecular weight excluding hydrogens is 386 g/mol. The van der Waals surface area contributed by atoms with E-state index in [9.17, 15) is 14.4 Å². The zero-order chi connectivity index (χ0) is 21.9. The van der Waals surface area contributed by atoms with Crippen molar-refractivity contribution < 1.29 is 23.9 Å². The van der Waals surface area contributed by atoms with Crippen molar-refractivity contribution >= 4 is 24.0 Å². The lowest BCUT2D eigenvalue weighted by Crippen LogP contribution is -2.48. The molecule has 8 nitrogen and oxygen atoms in total. The van der Waals surface area contributed by atoms with Crippen molar-refractivity contribution in [1.82, 2.24) is 10.7 Å². The number of hydrazone groups is 1. The van der Waals surface area contributed by atoms with Gasteiger partial charge in [0.1, 0.15) is 11.8 Å². The number of esters is 1. The van der Waals surface area contributed by atoms with Gasteiger partial charge in [0, 0.05) is 5.56 Å². The predicted molar refractivity (Wildman–Crippen MR) is 112 cm³/mol. The Hall–Kier alpha value is -3.68. The van der Waals surface area contributed by atoms with Crippen LogP contribution in [0.2, 0.25) is 0 Å². The van der Waals surface area contributed by atoms with Crippen LogP contribution in [-0.4, -0.2) is 43.8 Å². The highest BCUT2D eigenvalue weighted by atomic mass is 16.6. The first-order valence-electron chi connectivity index (χ1n) is 9.39. The number of amides is 2. The lowest BCUT2D eigenvalue weighted by atomic mass is 10.0. The van der Waals surface area contributed by atoms with Gasteiger partial charge in [0.05, 0.1) is 13.3 Å². The Morgan fingerprint density at radius 3 is 2.30 bits per heavy atom. The van der Waals surface area contributed by atoms with E-state index in [1.165, 1.54) is 13.3 Å². The van der Waals surface area contributed by atoms with E-state index in [1.54, 1.807) is 48.5 Å². The maximum absolute atomic E-state index is 12.5. The summed E-state index contributed by atoms with van der Waals surface area (Å²) in [6, 6.07) is 14.7. The lowest BCUT2D eigenvalue weighted by molar-refractivity contribution is -0.142. The van der Waals surface area contributed by atoms with Crippen LogP contribution in [0.4, 0.5) is 0 Å². The van der Waals surface area contributed by atoms with Gasteiger partial charge in [-0.2, -0.15) is 5.10 Å². The van der Waals surface area contributed by atoms with Gasteiger partial charge in [0.25, 0.3) is 11.8 Å². The molecule has 2 aromatic carbocycles. The topological polar surface area (TPSA) is 106 Å². The summed E-state index contributed by atoms with van der Waals surface area (Å²) in [5.41, 5.74) is 3.65. The first kappa shape index (κ1) is 22.6. The van der Waals surface area contributed by atoms with Crippen LogP contribution in [0.1, 0.15) is 29.8 Å². The Balaban J connectivity index is 1.90. The van der Waals surface area contributed by atoms with Crippen molar-refractivity contribution in [2.75, 3.05) is 13.7 Å². The van der Waals surface area contributed by atoms with Gasteiger partial charge in [-0.1, -0.05) is 32.0 Å². The largest absolute Gasteiger partial charge is 0.482 e. The number of nitrogens with one attached hydrogen (secondary N) is 2. The van der Waals surface area contributed by atoms with Gasteiger partial charge in [-0.15, -0.1) is 0 Å². The van der Waals surface area contributed by atoms with Crippen LogP contribution in [0.5, 0.6) is 5.75 Å². The number of hydrogen-bond donors (Lipinski definition) is 2. The highest BCUT2D eigenvalue weighted by Gasteiger charge is 2.24. The number of rotatable bonds is 9. The second-order valence-electron chi connectivity index (χ2n) is 6.73. The van der Waals surface area contributed by atoms with Crippen molar-refractivity contribution in [1.29, 1.82) is 0 Å². The van der Waals surface area contributed by atoms with Crippen LogP contribution in [0, 0.1) is 5.92 Å². The van der Waals surface area contributed by atoms with E-state index in [1.807, 2.05) is 19.9 Å². The number of benzene rings is 2. The molecule has 0 radical (unpaired) electrons. The van der Waals surface area contributed by atoms with Crippen LogP contribution >= 0.6 is 0 Å². The smallest absolute Gasteiger partial charge is 0.343 e. The fourth-order valence-electron chi connectivity index (χ4n) is 2.44.